The number of aromatic nitrogens is 3. The predicted octanol–water partition coefficient (Wildman–Crippen LogP) is 0.687. The predicted molar refractivity (Wildman–Crippen MR) is 60.8 cm³/mol. The summed E-state index contributed by atoms with van der Waals surface area (Å²) in [6.07, 6.45) is -0.387. The summed E-state index contributed by atoms with van der Waals surface area (Å²) in [5.41, 5.74) is 1.75. The van der Waals surface area contributed by atoms with E-state index in [-0.39, 0.29) is 17.9 Å². The molecule has 0 N–H and O–H groups in total. The van der Waals surface area contributed by atoms with Crippen molar-refractivity contribution >= 4 is 16.8 Å². The van der Waals surface area contributed by atoms with Crippen LogP contribution in [0, 0.1) is 0 Å². The molecule has 1 aromatic carbocycles. The van der Waals surface area contributed by atoms with Crippen LogP contribution in [0.25, 0.3) is 11.0 Å². The molecule has 0 amide bonds. The molecule has 4 rings (SSSR count). The molecule has 0 saturated carbocycles. The van der Waals surface area contributed by atoms with Crippen LogP contribution < -0.4 is 0 Å². The van der Waals surface area contributed by atoms with Crippen LogP contribution in [0.2, 0.25) is 0 Å². The second-order valence-electron chi connectivity index (χ2n) is 4.60. The van der Waals surface area contributed by atoms with Gasteiger partial charge in [-0.15, -0.1) is 5.10 Å². The van der Waals surface area contributed by atoms with Crippen molar-refractivity contribution in [2.45, 2.75) is 24.9 Å². The molecule has 2 fully saturated rings. The van der Waals surface area contributed by atoms with Crippen LogP contribution in [0.15, 0.2) is 24.3 Å². The minimum atomic E-state index is -0.666. The van der Waals surface area contributed by atoms with Crippen LogP contribution in [0.3, 0.4) is 0 Å². The Labute approximate surface area is 102 Å². The first kappa shape index (κ1) is 10.2. The highest BCUT2D eigenvalue weighted by atomic mass is 16.7. The normalized spacial score (nSPS) is 31.1. The molecular weight excluding hydrogens is 234 g/mol. The third kappa shape index (κ3) is 1.33. The molecule has 3 heterocycles. The van der Waals surface area contributed by atoms with Crippen molar-refractivity contribution in [1.29, 1.82) is 0 Å². The van der Waals surface area contributed by atoms with E-state index in [2.05, 4.69) is 10.3 Å². The Morgan fingerprint density at radius 3 is 3.17 bits per heavy atom. The van der Waals surface area contributed by atoms with E-state index in [1.54, 1.807) is 4.68 Å². The lowest BCUT2D eigenvalue weighted by atomic mass is 10.0. The SMILES string of the molecule is O=C1C[C@@H](n2nnc3ccccc32)[C@@H]2CO[C@H]1O2. The van der Waals surface area contributed by atoms with E-state index in [0.29, 0.717) is 13.0 Å². The van der Waals surface area contributed by atoms with Crippen LogP contribution >= 0.6 is 0 Å². The zero-order valence-electron chi connectivity index (χ0n) is 9.52. The lowest BCUT2D eigenvalue weighted by Gasteiger charge is -2.26. The highest BCUT2D eigenvalue weighted by Gasteiger charge is 2.44. The minimum absolute atomic E-state index is 0.0201. The maximum atomic E-state index is 11.8. The van der Waals surface area contributed by atoms with Gasteiger partial charge in [0.1, 0.15) is 11.6 Å². The van der Waals surface area contributed by atoms with Gasteiger partial charge in [-0.1, -0.05) is 17.3 Å². The van der Waals surface area contributed by atoms with Crippen molar-refractivity contribution in [3.05, 3.63) is 24.3 Å². The zero-order chi connectivity index (χ0) is 12.1. The van der Waals surface area contributed by atoms with Crippen molar-refractivity contribution in [3.63, 3.8) is 0 Å². The standard InChI is InChI=1S/C12H11N3O3/c16-10-5-9(11-6-17-12(10)18-11)15-8-4-2-1-3-7(8)13-14-15/h1-4,9,11-12H,5-6H2/t9-,11+,12+/m1/s1. The number of ether oxygens (including phenoxy) is 2. The van der Waals surface area contributed by atoms with E-state index in [1.807, 2.05) is 24.3 Å². The second-order valence-corrected chi connectivity index (χ2v) is 4.60. The summed E-state index contributed by atoms with van der Waals surface area (Å²) >= 11 is 0. The zero-order valence-corrected chi connectivity index (χ0v) is 9.52. The number of rotatable bonds is 1. The number of fused-ring (bicyclic) bond motifs is 3. The van der Waals surface area contributed by atoms with Gasteiger partial charge in [-0.3, -0.25) is 4.79 Å². The number of hydrogen-bond acceptors (Lipinski definition) is 5. The third-order valence-electron chi connectivity index (χ3n) is 3.50. The Balaban J connectivity index is 1.80. The Hall–Kier alpha value is -1.79. The van der Waals surface area contributed by atoms with E-state index in [4.69, 9.17) is 9.47 Å². The van der Waals surface area contributed by atoms with Gasteiger partial charge >= 0.3 is 0 Å². The molecule has 2 aliphatic heterocycles. The summed E-state index contributed by atoms with van der Waals surface area (Å²) in [6, 6.07) is 7.57. The molecule has 2 aromatic rings. The molecule has 92 valence electrons. The van der Waals surface area contributed by atoms with Crippen molar-refractivity contribution in [2.75, 3.05) is 6.61 Å². The van der Waals surface area contributed by atoms with Gasteiger partial charge in [0.05, 0.1) is 18.2 Å². The summed E-state index contributed by atoms with van der Waals surface area (Å²) in [6.45, 7) is 0.440. The van der Waals surface area contributed by atoms with Gasteiger partial charge in [-0.05, 0) is 12.1 Å². The van der Waals surface area contributed by atoms with E-state index >= 15 is 0 Å². The number of carbonyl (C=O) groups excluding carboxylic acids is 1. The fourth-order valence-corrected chi connectivity index (χ4v) is 2.60. The van der Waals surface area contributed by atoms with Crippen molar-refractivity contribution in [2.24, 2.45) is 0 Å². The molecule has 6 heteroatoms. The summed E-state index contributed by atoms with van der Waals surface area (Å²) < 4.78 is 12.6. The van der Waals surface area contributed by atoms with Crippen molar-refractivity contribution in [1.82, 2.24) is 15.0 Å². The first-order valence-corrected chi connectivity index (χ1v) is 5.92. The number of Topliss-reactive ketones (excluding diaryl/α,β-unsaturated/α-hetero) is 1. The van der Waals surface area contributed by atoms with Gasteiger partial charge in [0.15, 0.2) is 5.78 Å². The number of para-hydroxylation sites is 1. The molecule has 0 spiro atoms. The maximum Gasteiger partial charge on any atom is 0.218 e. The number of nitrogens with zero attached hydrogens (tertiary/aromatic N) is 3. The summed E-state index contributed by atoms with van der Waals surface area (Å²) in [5, 5.41) is 8.26. The number of benzene rings is 1. The molecule has 0 radical (unpaired) electrons. The Kier molecular flexibility index (Phi) is 2.03. The van der Waals surface area contributed by atoms with Crippen LogP contribution in [-0.2, 0) is 14.3 Å². The average Bonchev–Trinajstić information content (AvgIpc) is 3.00. The van der Waals surface area contributed by atoms with Gasteiger partial charge in [0.25, 0.3) is 0 Å². The Morgan fingerprint density at radius 2 is 2.22 bits per heavy atom. The minimum Gasteiger partial charge on any atom is -0.343 e. The monoisotopic (exact) mass is 245 g/mol. The number of ketones is 1. The quantitative estimate of drug-likeness (QED) is 0.739. The van der Waals surface area contributed by atoms with Gasteiger partial charge in [0, 0.05) is 6.42 Å². The fourth-order valence-electron chi connectivity index (χ4n) is 2.60. The highest BCUT2D eigenvalue weighted by Crippen LogP contribution is 2.33. The maximum absolute atomic E-state index is 11.8. The number of carbonyl (C=O) groups is 1. The Morgan fingerprint density at radius 1 is 1.33 bits per heavy atom. The fraction of sp³-hybridized carbons (Fsp3) is 0.417. The molecular formula is C12H11N3O3. The molecule has 2 saturated heterocycles. The molecule has 2 aliphatic rings. The molecule has 6 nitrogen and oxygen atoms in total. The summed E-state index contributed by atoms with van der Waals surface area (Å²) in [5.74, 6) is -0.0201. The highest BCUT2D eigenvalue weighted by molar-refractivity contribution is 5.84. The molecule has 18 heavy (non-hydrogen) atoms. The smallest absolute Gasteiger partial charge is 0.218 e. The van der Waals surface area contributed by atoms with Crippen molar-refractivity contribution < 1.29 is 14.3 Å². The van der Waals surface area contributed by atoms with Crippen LogP contribution in [-0.4, -0.2) is 39.8 Å². The lowest BCUT2D eigenvalue weighted by molar-refractivity contribution is -0.156. The molecule has 2 bridgehead atoms. The van der Waals surface area contributed by atoms with E-state index in [9.17, 15) is 4.79 Å². The topological polar surface area (TPSA) is 66.2 Å². The average molecular weight is 245 g/mol. The first-order chi connectivity index (χ1) is 8.83. The van der Waals surface area contributed by atoms with Crippen LogP contribution in [0.5, 0.6) is 0 Å². The van der Waals surface area contributed by atoms with Gasteiger partial charge in [-0.25, -0.2) is 4.68 Å². The lowest BCUT2D eigenvalue weighted by Crippen LogP contribution is -2.37. The van der Waals surface area contributed by atoms with E-state index < -0.39 is 6.29 Å². The van der Waals surface area contributed by atoms with Crippen LogP contribution in [0.1, 0.15) is 12.5 Å². The molecule has 1 aromatic heterocycles. The van der Waals surface area contributed by atoms with Gasteiger partial charge in [0.2, 0.25) is 6.29 Å². The number of hydrogen-bond donors (Lipinski definition) is 0. The molecule has 0 unspecified atom stereocenters. The largest absolute Gasteiger partial charge is 0.343 e. The molecule has 0 aliphatic carbocycles. The third-order valence-corrected chi connectivity index (χ3v) is 3.50. The van der Waals surface area contributed by atoms with Gasteiger partial charge in [-0.2, -0.15) is 0 Å². The van der Waals surface area contributed by atoms with Crippen LogP contribution in [0.4, 0.5) is 0 Å². The first-order valence-electron chi connectivity index (χ1n) is 5.92. The van der Waals surface area contributed by atoms with E-state index in [0.717, 1.165) is 11.0 Å². The van der Waals surface area contributed by atoms with E-state index in [1.165, 1.54) is 0 Å². The summed E-state index contributed by atoms with van der Waals surface area (Å²) in [7, 11) is 0. The molecule has 3 atom stereocenters. The Bertz CT molecular complexity index is 624. The van der Waals surface area contributed by atoms with Gasteiger partial charge < -0.3 is 9.47 Å². The van der Waals surface area contributed by atoms with Crippen molar-refractivity contribution in [3.8, 4) is 0 Å². The second kappa shape index (κ2) is 3.60. The summed E-state index contributed by atoms with van der Waals surface area (Å²) in [4.78, 5) is 11.8.